The maximum Gasteiger partial charge on any atom is 0.0463 e. The van der Waals surface area contributed by atoms with Gasteiger partial charge in [0, 0.05) is 30.1 Å². The number of nitrogens with two attached hydrogens (primary N) is 1. The van der Waals surface area contributed by atoms with Crippen LogP contribution < -0.4 is 5.73 Å². The number of aryl methyl sites for hydroxylation is 1. The molecule has 2 rings (SSSR count). The molecular weight excluding hydrogens is 228 g/mol. The molecule has 1 fully saturated rings. The molecule has 2 nitrogen and oxygen atoms in total. The Bertz CT molecular complexity index is 392. The number of thioether (sulfide) groups is 1. The zero-order valence-corrected chi connectivity index (χ0v) is 11.8. The van der Waals surface area contributed by atoms with Crippen LogP contribution in [-0.4, -0.2) is 36.0 Å². The molecule has 0 bridgehead atoms. The van der Waals surface area contributed by atoms with E-state index in [9.17, 15) is 0 Å². The van der Waals surface area contributed by atoms with E-state index in [1.807, 2.05) is 11.8 Å². The maximum atomic E-state index is 6.47. The molecule has 2 atom stereocenters. The van der Waals surface area contributed by atoms with E-state index < -0.39 is 0 Å². The van der Waals surface area contributed by atoms with Gasteiger partial charge in [0.1, 0.15) is 0 Å². The monoisotopic (exact) mass is 250 g/mol. The molecule has 1 aromatic rings. The minimum Gasteiger partial charge on any atom is -0.323 e. The van der Waals surface area contributed by atoms with Crippen molar-refractivity contribution < 1.29 is 0 Å². The van der Waals surface area contributed by atoms with Gasteiger partial charge in [0.2, 0.25) is 0 Å². The van der Waals surface area contributed by atoms with Crippen LogP contribution in [0.2, 0.25) is 0 Å². The average molecular weight is 250 g/mol. The van der Waals surface area contributed by atoms with Gasteiger partial charge in [0.15, 0.2) is 0 Å². The first-order valence-corrected chi connectivity index (χ1v) is 7.36. The minimum absolute atomic E-state index is 0.132. The van der Waals surface area contributed by atoms with E-state index in [-0.39, 0.29) is 6.04 Å². The summed E-state index contributed by atoms with van der Waals surface area (Å²) in [7, 11) is 2.19. The second kappa shape index (κ2) is 5.42. The first-order valence-electron chi connectivity index (χ1n) is 6.21. The molecule has 0 aliphatic carbocycles. The Morgan fingerprint density at radius 3 is 2.88 bits per heavy atom. The highest BCUT2D eigenvalue weighted by Gasteiger charge is 2.27. The van der Waals surface area contributed by atoms with Gasteiger partial charge >= 0.3 is 0 Å². The molecule has 0 spiro atoms. The molecule has 1 aliphatic rings. The standard InChI is InChI=1S/C14H22N2S/c1-10-5-4-6-12(11(10)2)14(15)13-9-17-8-7-16(13)3/h4-6,13-14H,7-9,15H2,1-3H3. The molecule has 2 unspecified atom stereocenters. The largest absolute Gasteiger partial charge is 0.323 e. The molecule has 1 saturated heterocycles. The Balaban J connectivity index is 2.23. The van der Waals surface area contributed by atoms with Crippen molar-refractivity contribution in [3.05, 3.63) is 34.9 Å². The van der Waals surface area contributed by atoms with E-state index in [4.69, 9.17) is 5.73 Å². The number of hydrogen-bond donors (Lipinski definition) is 1. The summed E-state index contributed by atoms with van der Waals surface area (Å²) in [5.41, 5.74) is 10.5. The lowest BCUT2D eigenvalue weighted by Gasteiger charge is -2.36. The van der Waals surface area contributed by atoms with Crippen molar-refractivity contribution in [2.24, 2.45) is 5.73 Å². The molecule has 0 saturated carbocycles. The first-order chi connectivity index (χ1) is 8.11. The van der Waals surface area contributed by atoms with Gasteiger partial charge in [0.05, 0.1) is 0 Å². The third kappa shape index (κ3) is 2.67. The summed E-state index contributed by atoms with van der Waals surface area (Å²) >= 11 is 2.02. The van der Waals surface area contributed by atoms with Crippen molar-refractivity contribution in [3.8, 4) is 0 Å². The molecule has 2 N–H and O–H groups in total. The smallest absolute Gasteiger partial charge is 0.0463 e. The third-order valence-electron chi connectivity index (χ3n) is 3.86. The van der Waals surface area contributed by atoms with Crippen LogP contribution >= 0.6 is 11.8 Å². The molecule has 1 aliphatic heterocycles. The van der Waals surface area contributed by atoms with Crippen LogP contribution in [0.5, 0.6) is 0 Å². The van der Waals surface area contributed by atoms with Gasteiger partial charge in [-0.05, 0) is 37.6 Å². The predicted octanol–water partition coefficient (Wildman–Crippen LogP) is 2.35. The second-order valence-electron chi connectivity index (χ2n) is 4.94. The second-order valence-corrected chi connectivity index (χ2v) is 6.09. The quantitative estimate of drug-likeness (QED) is 0.873. The van der Waals surface area contributed by atoms with E-state index in [0.29, 0.717) is 6.04 Å². The fraction of sp³-hybridized carbons (Fsp3) is 0.571. The van der Waals surface area contributed by atoms with Crippen molar-refractivity contribution in [1.82, 2.24) is 4.90 Å². The number of hydrogen-bond acceptors (Lipinski definition) is 3. The van der Waals surface area contributed by atoms with E-state index in [0.717, 1.165) is 12.3 Å². The highest BCUT2D eigenvalue weighted by molar-refractivity contribution is 7.99. The molecule has 17 heavy (non-hydrogen) atoms. The number of likely N-dealkylation sites (N-methyl/N-ethyl adjacent to an activating group) is 1. The molecule has 94 valence electrons. The summed E-state index contributed by atoms with van der Waals surface area (Å²) in [5, 5.41) is 0. The van der Waals surface area contributed by atoms with Gasteiger partial charge in [0.25, 0.3) is 0 Å². The van der Waals surface area contributed by atoms with Crippen LogP contribution in [-0.2, 0) is 0 Å². The zero-order chi connectivity index (χ0) is 12.4. The van der Waals surface area contributed by atoms with Crippen LogP contribution in [0.4, 0.5) is 0 Å². The Kier molecular flexibility index (Phi) is 4.13. The highest BCUT2D eigenvalue weighted by atomic mass is 32.2. The predicted molar refractivity (Wildman–Crippen MR) is 76.6 cm³/mol. The maximum absolute atomic E-state index is 6.47. The fourth-order valence-corrected chi connectivity index (χ4v) is 3.71. The summed E-state index contributed by atoms with van der Waals surface area (Å²) in [6.45, 7) is 5.49. The van der Waals surface area contributed by atoms with Crippen LogP contribution in [0.25, 0.3) is 0 Å². The molecule has 0 aromatic heterocycles. The number of nitrogens with zero attached hydrogens (tertiary/aromatic N) is 1. The molecule has 0 radical (unpaired) electrons. The lowest BCUT2D eigenvalue weighted by Crippen LogP contribution is -2.46. The Morgan fingerprint density at radius 2 is 2.18 bits per heavy atom. The van der Waals surface area contributed by atoms with E-state index in [2.05, 4.69) is 44.0 Å². The first kappa shape index (κ1) is 12.9. The fourth-order valence-electron chi connectivity index (χ4n) is 2.43. The van der Waals surface area contributed by atoms with E-state index in [1.165, 1.54) is 22.4 Å². The lowest BCUT2D eigenvalue weighted by atomic mass is 9.93. The van der Waals surface area contributed by atoms with Crippen molar-refractivity contribution in [2.45, 2.75) is 25.9 Å². The van der Waals surface area contributed by atoms with Gasteiger partial charge in [-0.2, -0.15) is 11.8 Å². The summed E-state index contributed by atoms with van der Waals surface area (Å²) in [6.07, 6.45) is 0. The molecule has 1 heterocycles. The summed E-state index contributed by atoms with van der Waals surface area (Å²) in [4.78, 5) is 2.41. The highest BCUT2D eigenvalue weighted by Crippen LogP contribution is 2.27. The van der Waals surface area contributed by atoms with Gasteiger partial charge in [-0.3, -0.25) is 4.90 Å². The van der Waals surface area contributed by atoms with E-state index >= 15 is 0 Å². The number of rotatable bonds is 2. The van der Waals surface area contributed by atoms with Crippen LogP contribution in [0.3, 0.4) is 0 Å². The molecule has 0 amide bonds. The van der Waals surface area contributed by atoms with Crippen LogP contribution in [0.1, 0.15) is 22.7 Å². The minimum atomic E-state index is 0.132. The SMILES string of the molecule is Cc1cccc(C(N)C2CSCCN2C)c1C. The summed E-state index contributed by atoms with van der Waals surface area (Å²) < 4.78 is 0. The summed E-state index contributed by atoms with van der Waals surface area (Å²) in [6, 6.07) is 7.06. The third-order valence-corrected chi connectivity index (χ3v) is 4.91. The van der Waals surface area contributed by atoms with Crippen LogP contribution in [0.15, 0.2) is 18.2 Å². The normalized spacial score (nSPS) is 23.6. The zero-order valence-electron chi connectivity index (χ0n) is 10.9. The van der Waals surface area contributed by atoms with Crippen molar-refractivity contribution >= 4 is 11.8 Å². The average Bonchev–Trinajstić information content (AvgIpc) is 2.32. The van der Waals surface area contributed by atoms with Gasteiger partial charge in [-0.1, -0.05) is 18.2 Å². The molecule has 3 heteroatoms. The lowest BCUT2D eigenvalue weighted by molar-refractivity contribution is 0.237. The summed E-state index contributed by atoms with van der Waals surface area (Å²) in [5.74, 6) is 2.37. The van der Waals surface area contributed by atoms with Gasteiger partial charge in [-0.25, -0.2) is 0 Å². The van der Waals surface area contributed by atoms with Gasteiger partial charge in [-0.15, -0.1) is 0 Å². The molecule has 1 aromatic carbocycles. The van der Waals surface area contributed by atoms with Crippen molar-refractivity contribution in [2.75, 3.05) is 25.1 Å². The topological polar surface area (TPSA) is 29.3 Å². The van der Waals surface area contributed by atoms with Crippen LogP contribution in [0, 0.1) is 13.8 Å². The molecular formula is C14H22N2S. The van der Waals surface area contributed by atoms with Crippen molar-refractivity contribution in [1.29, 1.82) is 0 Å². The number of benzene rings is 1. The Labute approximate surface area is 109 Å². The van der Waals surface area contributed by atoms with Gasteiger partial charge < -0.3 is 5.73 Å². The van der Waals surface area contributed by atoms with E-state index in [1.54, 1.807) is 0 Å². The van der Waals surface area contributed by atoms with Crippen molar-refractivity contribution in [3.63, 3.8) is 0 Å². The Hall–Kier alpha value is -0.510. The Morgan fingerprint density at radius 1 is 1.41 bits per heavy atom.